The van der Waals surface area contributed by atoms with E-state index in [-0.39, 0.29) is 17.1 Å². The number of hydrogen-bond acceptors (Lipinski definition) is 4. The highest BCUT2D eigenvalue weighted by Gasteiger charge is 2.63. The van der Waals surface area contributed by atoms with Gasteiger partial charge in [-0.3, -0.25) is 9.78 Å². The summed E-state index contributed by atoms with van der Waals surface area (Å²) in [5.41, 5.74) is -1.98. The van der Waals surface area contributed by atoms with Crippen LogP contribution < -0.4 is 0 Å². The third-order valence-electron chi connectivity index (χ3n) is 4.39. The lowest BCUT2D eigenvalue weighted by molar-refractivity contribution is -0.302. The first kappa shape index (κ1) is 19.0. The summed E-state index contributed by atoms with van der Waals surface area (Å²) in [6.07, 6.45) is -2.27. The number of carbonyl (C=O) groups is 1. The van der Waals surface area contributed by atoms with Crippen molar-refractivity contribution in [3.63, 3.8) is 0 Å². The topological polar surface area (TPSA) is 65.8 Å². The lowest BCUT2D eigenvalue weighted by Gasteiger charge is -2.32. The Morgan fingerprint density at radius 1 is 1.15 bits per heavy atom. The third kappa shape index (κ3) is 4.00. The predicted octanol–water partition coefficient (Wildman–Crippen LogP) is 3.29. The van der Waals surface area contributed by atoms with E-state index in [1.54, 1.807) is 0 Å². The van der Waals surface area contributed by atoms with Crippen LogP contribution in [0.2, 0.25) is 0 Å². The molecule has 1 aromatic carbocycles. The molecule has 1 aliphatic heterocycles. The van der Waals surface area contributed by atoms with Gasteiger partial charge < -0.3 is 5.11 Å². The van der Waals surface area contributed by atoms with Crippen LogP contribution in [0.25, 0.3) is 0 Å². The van der Waals surface area contributed by atoms with E-state index in [1.807, 2.05) is 30.3 Å². The molecule has 27 heavy (non-hydrogen) atoms. The fourth-order valence-corrected chi connectivity index (χ4v) is 2.93. The Morgan fingerprint density at radius 3 is 2.44 bits per heavy atom. The van der Waals surface area contributed by atoms with Crippen LogP contribution in [0.15, 0.2) is 60.0 Å². The number of aromatic nitrogens is 1. The zero-order chi connectivity index (χ0) is 19.5. The monoisotopic (exact) mass is 377 g/mol. The van der Waals surface area contributed by atoms with Crippen LogP contribution in [0.4, 0.5) is 13.2 Å². The first-order chi connectivity index (χ1) is 12.8. The fraction of sp³-hybridized carbons (Fsp3) is 0.316. The van der Waals surface area contributed by atoms with E-state index in [0.717, 1.165) is 5.56 Å². The number of aliphatic hydroxyl groups is 1. The van der Waals surface area contributed by atoms with E-state index in [0.29, 0.717) is 18.4 Å². The van der Waals surface area contributed by atoms with Crippen LogP contribution in [-0.2, 0) is 11.2 Å². The number of pyridine rings is 1. The fourth-order valence-electron chi connectivity index (χ4n) is 2.93. The third-order valence-corrected chi connectivity index (χ3v) is 4.39. The molecule has 1 aliphatic rings. The molecule has 0 saturated heterocycles. The van der Waals surface area contributed by atoms with Crippen molar-refractivity contribution in [2.75, 3.05) is 0 Å². The van der Waals surface area contributed by atoms with Gasteiger partial charge >= 0.3 is 6.18 Å². The van der Waals surface area contributed by atoms with Gasteiger partial charge in [0, 0.05) is 24.4 Å². The number of halogens is 3. The highest BCUT2D eigenvalue weighted by molar-refractivity contribution is 6.03. The quantitative estimate of drug-likeness (QED) is 0.870. The molecular weight excluding hydrogens is 359 g/mol. The Kier molecular flexibility index (Phi) is 5.27. The summed E-state index contributed by atoms with van der Waals surface area (Å²) < 4.78 is 40.5. The molecule has 2 heterocycles. The van der Waals surface area contributed by atoms with Gasteiger partial charge in [0.25, 0.3) is 5.72 Å². The van der Waals surface area contributed by atoms with E-state index in [9.17, 15) is 23.1 Å². The first-order valence-corrected chi connectivity index (χ1v) is 8.45. The normalized spacial score (nSPS) is 19.9. The summed E-state index contributed by atoms with van der Waals surface area (Å²) in [6.45, 7) is 0. The number of hydrazone groups is 1. The van der Waals surface area contributed by atoms with Crippen molar-refractivity contribution >= 4 is 11.6 Å². The van der Waals surface area contributed by atoms with Crippen molar-refractivity contribution in [3.8, 4) is 0 Å². The van der Waals surface area contributed by atoms with Gasteiger partial charge in [-0.15, -0.1) is 0 Å². The zero-order valence-electron chi connectivity index (χ0n) is 14.4. The number of benzene rings is 1. The predicted molar refractivity (Wildman–Crippen MR) is 92.6 cm³/mol. The minimum atomic E-state index is -5.03. The summed E-state index contributed by atoms with van der Waals surface area (Å²) in [6, 6.07) is 12.3. The molecule has 0 saturated carbocycles. The van der Waals surface area contributed by atoms with Crippen molar-refractivity contribution in [3.05, 3.63) is 66.0 Å². The summed E-state index contributed by atoms with van der Waals surface area (Å²) in [5.74, 6) is -0.866. The average Bonchev–Trinajstić information content (AvgIpc) is 3.02. The van der Waals surface area contributed by atoms with Gasteiger partial charge in [-0.1, -0.05) is 30.3 Å². The Bertz CT molecular complexity index is 825. The summed E-state index contributed by atoms with van der Waals surface area (Å²) in [4.78, 5) is 16.2. The van der Waals surface area contributed by atoms with E-state index < -0.39 is 24.2 Å². The van der Waals surface area contributed by atoms with Crippen LogP contribution >= 0.6 is 0 Å². The number of hydrogen-bond donors (Lipinski definition) is 1. The highest BCUT2D eigenvalue weighted by Crippen LogP contribution is 2.41. The van der Waals surface area contributed by atoms with Crippen LogP contribution in [0, 0.1) is 0 Å². The molecular formula is C19H18F3N3O2. The Labute approximate surface area is 154 Å². The molecule has 5 nitrogen and oxygen atoms in total. The number of nitrogens with zero attached hydrogens (tertiary/aromatic N) is 3. The van der Waals surface area contributed by atoms with Gasteiger partial charge in [-0.05, 0) is 30.5 Å². The molecule has 1 aromatic heterocycles. The lowest BCUT2D eigenvalue weighted by Crippen LogP contribution is -2.56. The van der Waals surface area contributed by atoms with Crippen LogP contribution in [0.3, 0.4) is 0 Å². The second-order valence-corrected chi connectivity index (χ2v) is 6.32. The second kappa shape index (κ2) is 7.48. The zero-order valence-corrected chi connectivity index (χ0v) is 14.4. The van der Waals surface area contributed by atoms with Gasteiger partial charge in [0.2, 0.25) is 5.91 Å². The van der Waals surface area contributed by atoms with E-state index in [2.05, 4.69) is 10.1 Å². The SMILES string of the molecule is O=C(CCCc1ccccc1)N1N=C(c2ccncc2)C[C@]1(O)C(F)(F)F. The molecule has 0 aliphatic carbocycles. The van der Waals surface area contributed by atoms with Gasteiger partial charge in [0.15, 0.2) is 0 Å². The molecule has 1 N–H and O–H groups in total. The second-order valence-electron chi connectivity index (χ2n) is 6.32. The van der Waals surface area contributed by atoms with Crippen molar-refractivity contribution in [2.24, 2.45) is 5.10 Å². The van der Waals surface area contributed by atoms with Crippen LogP contribution in [0.1, 0.15) is 30.4 Å². The average molecular weight is 377 g/mol. The lowest BCUT2D eigenvalue weighted by atomic mass is 10.0. The standard InChI is InChI=1S/C19H18F3N3O2/c20-19(21,22)18(27)13-16(15-9-11-23-12-10-15)24-25(18)17(26)8-4-7-14-5-2-1-3-6-14/h1-3,5-6,9-12,27H,4,7-8,13H2/t18-/m0/s1. The Morgan fingerprint density at radius 2 is 1.81 bits per heavy atom. The number of amides is 1. The molecule has 0 bridgehead atoms. The molecule has 3 rings (SSSR count). The van der Waals surface area contributed by atoms with E-state index >= 15 is 0 Å². The van der Waals surface area contributed by atoms with Crippen molar-refractivity contribution in [1.82, 2.24) is 9.99 Å². The maximum absolute atomic E-state index is 13.5. The first-order valence-electron chi connectivity index (χ1n) is 8.45. The minimum Gasteiger partial charge on any atom is -0.362 e. The Hall–Kier alpha value is -2.74. The van der Waals surface area contributed by atoms with Crippen molar-refractivity contribution < 1.29 is 23.1 Å². The van der Waals surface area contributed by atoms with Gasteiger partial charge in [0.05, 0.1) is 12.1 Å². The molecule has 0 radical (unpaired) electrons. The summed E-state index contributed by atoms with van der Waals surface area (Å²) in [7, 11) is 0. The molecule has 2 aromatic rings. The molecule has 0 spiro atoms. The number of rotatable bonds is 5. The summed E-state index contributed by atoms with van der Waals surface area (Å²) in [5, 5.41) is 14.3. The molecule has 1 amide bonds. The number of carbonyl (C=O) groups excluding carboxylic acids is 1. The minimum absolute atomic E-state index is 0.00589. The van der Waals surface area contributed by atoms with Gasteiger partial charge in [0.1, 0.15) is 0 Å². The maximum Gasteiger partial charge on any atom is 0.438 e. The highest BCUT2D eigenvalue weighted by atomic mass is 19.4. The van der Waals surface area contributed by atoms with Crippen LogP contribution in [0.5, 0.6) is 0 Å². The van der Waals surface area contributed by atoms with Crippen molar-refractivity contribution in [1.29, 1.82) is 0 Å². The number of alkyl halides is 3. The molecule has 0 fully saturated rings. The molecule has 1 atom stereocenters. The van der Waals surface area contributed by atoms with Gasteiger partial charge in [-0.2, -0.15) is 23.3 Å². The molecule has 8 heteroatoms. The molecule has 142 valence electrons. The largest absolute Gasteiger partial charge is 0.438 e. The van der Waals surface area contributed by atoms with Crippen LogP contribution in [-0.4, -0.2) is 38.6 Å². The maximum atomic E-state index is 13.5. The summed E-state index contributed by atoms with van der Waals surface area (Å²) >= 11 is 0. The van der Waals surface area contributed by atoms with Crippen molar-refractivity contribution in [2.45, 2.75) is 37.6 Å². The molecule has 0 unspecified atom stereocenters. The smallest absolute Gasteiger partial charge is 0.362 e. The van der Waals surface area contributed by atoms with E-state index in [1.165, 1.54) is 24.5 Å². The van der Waals surface area contributed by atoms with Gasteiger partial charge in [-0.25, -0.2) is 0 Å². The van der Waals surface area contributed by atoms with E-state index in [4.69, 9.17) is 0 Å². The Balaban J connectivity index is 1.76. The number of aryl methyl sites for hydroxylation is 1.